The van der Waals surface area contributed by atoms with Crippen molar-refractivity contribution in [1.29, 1.82) is 0 Å². The fourth-order valence-corrected chi connectivity index (χ4v) is 2.97. The molecule has 0 spiro atoms. The zero-order chi connectivity index (χ0) is 21.5. The van der Waals surface area contributed by atoms with Gasteiger partial charge in [-0.1, -0.05) is 16.9 Å². The number of nitrogens with one attached hydrogen (secondary N) is 1. The van der Waals surface area contributed by atoms with E-state index in [0.29, 0.717) is 16.3 Å². The Morgan fingerprint density at radius 1 is 1.17 bits per heavy atom. The number of nitrogens with zero attached hydrogens (tertiary/aromatic N) is 2. The second kappa shape index (κ2) is 9.79. The molecule has 30 heavy (non-hydrogen) atoms. The molecule has 2 heterocycles. The van der Waals surface area contributed by atoms with Gasteiger partial charge in [-0.15, -0.1) is 0 Å². The van der Waals surface area contributed by atoms with Crippen LogP contribution in [0.3, 0.4) is 0 Å². The highest BCUT2D eigenvalue weighted by Crippen LogP contribution is 2.18. The van der Waals surface area contributed by atoms with Crippen LogP contribution in [0.25, 0.3) is 0 Å². The number of benzene rings is 1. The topological polar surface area (TPSA) is 111 Å². The average molecular weight is 429 g/mol. The number of pyridine rings is 1. The van der Waals surface area contributed by atoms with E-state index in [9.17, 15) is 18.8 Å². The quantitative estimate of drug-likeness (QED) is 0.328. The predicted octanol–water partition coefficient (Wildman–Crippen LogP) is 3.61. The molecule has 0 aliphatic rings. The number of thioether (sulfide) groups is 1. The number of carbonyl (C=O) groups excluding carboxylic acids is 3. The lowest BCUT2D eigenvalue weighted by Crippen LogP contribution is -2.12. The number of carbonyl (C=O) groups is 3. The minimum absolute atomic E-state index is 0.00554. The van der Waals surface area contributed by atoms with Crippen molar-refractivity contribution in [3.8, 4) is 0 Å². The summed E-state index contributed by atoms with van der Waals surface area (Å²) in [5, 5.41) is 6.67. The van der Waals surface area contributed by atoms with Crippen LogP contribution >= 0.6 is 11.8 Å². The van der Waals surface area contributed by atoms with E-state index in [1.807, 2.05) is 0 Å². The van der Waals surface area contributed by atoms with E-state index in [2.05, 4.69) is 15.5 Å². The molecule has 1 aromatic carbocycles. The number of amides is 1. The summed E-state index contributed by atoms with van der Waals surface area (Å²) in [6.45, 7) is 1.85. The van der Waals surface area contributed by atoms with Gasteiger partial charge in [0.05, 0.1) is 22.9 Å². The Balaban J connectivity index is 1.54. The van der Waals surface area contributed by atoms with Crippen LogP contribution in [0.4, 0.5) is 10.1 Å². The first-order chi connectivity index (χ1) is 14.5. The van der Waals surface area contributed by atoms with Crippen molar-refractivity contribution in [3.63, 3.8) is 0 Å². The zero-order valence-corrected chi connectivity index (χ0v) is 16.6. The Labute approximate surface area is 174 Å². The van der Waals surface area contributed by atoms with Gasteiger partial charge < -0.3 is 14.6 Å². The van der Waals surface area contributed by atoms with Crippen LogP contribution in [0.2, 0.25) is 0 Å². The number of anilines is 1. The second-order valence-electron chi connectivity index (χ2n) is 5.85. The molecule has 3 rings (SSSR count). The van der Waals surface area contributed by atoms with E-state index in [4.69, 9.17) is 9.26 Å². The lowest BCUT2D eigenvalue weighted by molar-refractivity contribution is 0.0514. The summed E-state index contributed by atoms with van der Waals surface area (Å²) in [6.07, 6.45) is 1.37. The van der Waals surface area contributed by atoms with Crippen LogP contribution in [0, 0.1) is 5.82 Å². The Bertz CT molecular complexity index is 1050. The lowest BCUT2D eigenvalue weighted by atomic mass is 10.2. The highest BCUT2D eigenvalue weighted by atomic mass is 32.2. The van der Waals surface area contributed by atoms with Crippen molar-refractivity contribution in [2.24, 2.45) is 0 Å². The molecule has 3 aromatic rings. The third-order valence-electron chi connectivity index (χ3n) is 3.72. The smallest absolute Gasteiger partial charge is 0.360 e. The normalized spacial score (nSPS) is 10.5. The van der Waals surface area contributed by atoms with Crippen LogP contribution in [-0.4, -0.2) is 40.2 Å². The number of rotatable bonds is 8. The van der Waals surface area contributed by atoms with Crippen molar-refractivity contribution in [1.82, 2.24) is 10.1 Å². The molecule has 0 fully saturated rings. The molecule has 0 saturated carbocycles. The van der Waals surface area contributed by atoms with Crippen molar-refractivity contribution in [3.05, 3.63) is 71.5 Å². The van der Waals surface area contributed by atoms with Gasteiger partial charge in [-0.2, -0.15) is 0 Å². The fraction of sp³-hybridized carbons (Fsp3) is 0.150. The molecule has 0 atom stereocenters. The van der Waals surface area contributed by atoms with Crippen LogP contribution in [0.15, 0.2) is 58.2 Å². The van der Waals surface area contributed by atoms with Crippen LogP contribution < -0.4 is 5.32 Å². The van der Waals surface area contributed by atoms with Gasteiger partial charge in [-0.3, -0.25) is 9.59 Å². The van der Waals surface area contributed by atoms with E-state index in [1.165, 1.54) is 36.5 Å². The molecule has 0 bridgehead atoms. The van der Waals surface area contributed by atoms with Crippen molar-refractivity contribution < 1.29 is 28.0 Å². The average Bonchev–Trinajstić information content (AvgIpc) is 3.25. The number of aromatic nitrogens is 2. The fourth-order valence-electron chi connectivity index (χ4n) is 2.25. The predicted molar refractivity (Wildman–Crippen MR) is 106 cm³/mol. The standard InChI is InChI=1S/C20H16FN3O5S/c1-2-28-20(27)15-9-17(29-24-15)16(25)11-30-18-8-3-12(10-22-18)19(26)23-14-6-4-13(21)5-7-14/h3-10H,2,11H2,1H3,(H,23,26). The summed E-state index contributed by atoms with van der Waals surface area (Å²) in [5.74, 6) is -1.87. The monoisotopic (exact) mass is 429 g/mol. The van der Waals surface area contributed by atoms with Gasteiger partial charge in [0.2, 0.25) is 11.5 Å². The molecule has 0 aliphatic carbocycles. The van der Waals surface area contributed by atoms with E-state index >= 15 is 0 Å². The number of Topliss-reactive ketones (excluding diaryl/α,β-unsaturated/α-hetero) is 1. The summed E-state index contributed by atoms with van der Waals surface area (Å²) >= 11 is 1.14. The van der Waals surface area contributed by atoms with Gasteiger partial charge in [-0.05, 0) is 43.3 Å². The van der Waals surface area contributed by atoms with Gasteiger partial charge in [0.1, 0.15) is 5.82 Å². The lowest BCUT2D eigenvalue weighted by Gasteiger charge is -2.05. The minimum Gasteiger partial charge on any atom is -0.461 e. The van der Waals surface area contributed by atoms with Crippen molar-refractivity contribution in [2.45, 2.75) is 11.9 Å². The number of hydrogen-bond acceptors (Lipinski definition) is 8. The summed E-state index contributed by atoms with van der Waals surface area (Å²) in [7, 11) is 0. The summed E-state index contributed by atoms with van der Waals surface area (Å²) in [5.41, 5.74) is 0.698. The molecule has 0 unspecified atom stereocenters. The van der Waals surface area contributed by atoms with Gasteiger partial charge in [0, 0.05) is 18.0 Å². The first-order valence-corrected chi connectivity index (χ1v) is 9.77. The Morgan fingerprint density at radius 3 is 2.60 bits per heavy atom. The Hall–Kier alpha value is -3.53. The van der Waals surface area contributed by atoms with Crippen LogP contribution in [-0.2, 0) is 4.74 Å². The largest absolute Gasteiger partial charge is 0.461 e. The van der Waals surface area contributed by atoms with Crippen molar-refractivity contribution >= 4 is 35.1 Å². The third-order valence-corrected chi connectivity index (χ3v) is 4.67. The molecule has 0 saturated heterocycles. The summed E-state index contributed by atoms with van der Waals surface area (Å²) < 4.78 is 22.6. The summed E-state index contributed by atoms with van der Waals surface area (Å²) in [4.78, 5) is 40.1. The Kier molecular flexibility index (Phi) is 6.91. The highest BCUT2D eigenvalue weighted by Gasteiger charge is 2.18. The first-order valence-electron chi connectivity index (χ1n) is 8.79. The number of ketones is 1. The summed E-state index contributed by atoms with van der Waals surface area (Å²) in [6, 6.07) is 9.79. The van der Waals surface area contributed by atoms with Crippen LogP contribution in [0.1, 0.15) is 38.3 Å². The van der Waals surface area contributed by atoms with Crippen LogP contribution in [0.5, 0.6) is 0 Å². The molecule has 2 aromatic heterocycles. The van der Waals surface area contributed by atoms with Gasteiger partial charge in [0.25, 0.3) is 5.91 Å². The second-order valence-corrected chi connectivity index (χ2v) is 6.85. The van der Waals surface area contributed by atoms with E-state index in [-0.39, 0.29) is 29.6 Å². The molecular formula is C20H16FN3O5S. The first kappa shape index (κ1) is 21.2. The van der Waals surface area contributed by atoms with Crippen molar-refractivity contribution in [2.75, 3.05) is 17.7 Å². The molecule has 10 heteroatoms. The maximum absolute atomic E-state index is 12.9. The molecular weight excluding hydrogens is 413 g/mol. The third kappa shape index (κ3) is 5.51. The SMILES string of the molecule is CCOC(=O)c1cc(C(=O)CSc2ccc(C(=O)Nc3ccc(F)cc3)cn2)on1. The molecule has 0 radical (unpaired) electrons. The molecule has 1 amide bonds. The number of halogens is 1. The highest BCUT2D eigenvalue weighted by molar-refractivity contribution is 7.99. The minimum atomic E-state index is -0.663. The maximum atomic E-state index is 12.9. The molecule has 1 N–H and O–H groups in total. The number of hydrogen-bond donors (Lipinski definition) is 1. The van der Waals surface area contributed by atoms with E-state index < -0.39 is 17.7 Å². The molecule has 8 nitrogen and oxygen atoms in total. The van der Waals surface area contributed by atoms with E-state index in [0.717, 1.165) is 11.8 Å². The Morgan fingerprint density at radius 2 is 1.93 bits per heavy atom. The zero-order valence-electron chi connectivity index (χ0n) is 15.8. The number of ether oxygens (including phenoxy) is 1. The molecule has 0 aliphatic heterocycles. The van der Waals surface area contributed by atoms with Gasteiger partial charge in [0.15, 0.2) is 5.69 Å². The maximum Gasteiger partial charge on any atom is 0.360 e. The van der Waals surface area contributed by atoms with Gasteiger partial charge >= 0.3 is 5.97 Å². The molecule has 154 valence electrons. The van der Waals surface area contributed by atoms with Gasteiger partial charge in [-0.25, -0.2) is 14.2 Å². The van der Waals surface area contributed by atoms with E-state index in [1.54, 1.807) is 19.1 Å². The number of esters is 1.